The molecule has 0 radical (unpaired) electrons. The molecule has 0 unspecified atom stereocenters. The van der Waals surface area contributed by atoms with Gasteiger partial charge in [0.15, 0.2) is 0 Å². The molecule has 0 saturated carbocycles. The minimum atomic E-state index is -0.389. The topological polar surface area (TPSA) is 55.5 Å². The maximum absolute atomic E-state index is 13.8. The fourth-order valence-corrected chi connectivity index (χ4v) is 3.40. The van der Waals surface area contributed by atoms with Crippen LogP contribution in [0, 0.1) is 12.7 Å². The van der Waals surface area contributed by atoms with Crippen LogP contribution in [0.4, 0.5) is 4.39 Å². The lowest BCUT2D eigenvalue weighted by Crippen LogP contribution is -2.28. The number of carbonyl (C=O) groups is 1. The number of hydrogen-bond donors (Lipinski definition) is 1. The highest BCUT2D eigenvalue weighted by molar-refractivity contribution is 5.94. The first kappa shape index (κ1) is 18.0. The van der Waals surface area contributed by atoms with E-state index in [9.17, 15) is 14.0 Å². The lowest BCUT2D eigenvalue weighted by atomic mass is 10.1. The van der Waals surface area contributed by atoms with Crippen molar-refractivity contribution in [2.75, 3.05) is 6.54 Å². The van der Waals surface area contributed by atoms with Crippen molar-refractivity contribution in [1.29, 1.82) is 0 Å². The van der Waals surface area contributed by atoms with Crippen LogP contribution in [0.15, 0.2) is 65.6 Å². The van der Waals surface area contributed by atoms with E-state index in [0.29, 0.717) is 36.1 Å². The van der Waals surface area contributed by atoms with E-state index in [1.165, 1.54) is 12.1 Å². The number of aromatic nitrogens is 2. The van der Waals surface area contributed by atoms with Crippen molar-refractivity contribution >= 4 is 22.5 Å². The van der Waals surface area contributed by atoms with Crippen molar-refractivity contribution in [2.24, 2.45) is 0 Å². The lowest BCUT2D eigenvalue weighted by molar-refractivity contribution is 0.0952. The first-order chi connectivity index (χ1) is 13.5. The third-order valence-electron chi connectivity index (χ3n) is 4.86. The van der Waals surface area contributed by atoms with Crippen LogP contribution in [0.2, 0.25) is 0 Å². The molecule has 0 saturated heterocycles. The molecule has 4 rings (SSSR count). The molecular formula is C22H20FN3O2. The Morgan fingerprint density at radius 3 is 2.61 bits per heavy atom. The second-order valence-electron chi connectivity index (χ2n) is 6.83. The molecule has 5 nitrogen and oxygen atoms in total. The zero-order valence-corrected chi connectivity index (χ0v) is 15.5. The smallest absolute Gasteiger partial charge is 0.275 e. The van der Waals surface area contributed by atoms with Gasteiger partial charge in [-0.05, 0) is 55.8 Å². The Balaban J connectivity index is 1.53. The van der Waals surface area contributed by atoms with Gasteiger partial charge in [-0.25, -0.2) is 4.39 Å². The molecule has 0 aliphatic carbocycles. The number of hydrogen-bond acceptors (Lipinski definition) is 2. The summed E-state index contributed by atoms with van der Waals surface area (Å²) in [7, 11) is 0. The van der Waals surface area contributed by atoms with Gasteiger partial charge < -0.3 is 14.3 Å². The zero-order chi connectivity index (χ0) is 19.7. The van der Waals surface area contributed by atoms with Crippen molar-refractivity contribution in [3.05, 3.63) is 88.1 Å². The molecule has 28 heavy (non-hydrogen) atoms. The largest absolute Gasteiger partial charge is 0.352 e. The summed E-state index contributed by atoms with van der Waals surface area (Å²) in [6.45, 7) is 2.77. The summed E-state index contributed by atoms with van der Waals surface area (Å²) in [4.78, 5) is 25.0. The number of carbonyl (C=O) groups excluding carboxylic acids is 1. The summed E-state index contributed by atoms with van der Waals surface area (Å²) in [6, 6.07) is 15.3. The van der Waals surface area contributed by atoms with Crippen LogP contribution in [0.1, 0.15) is 22.3 Å². The molecule has 6 heteroatoms. The van der Waals surface area contributed by atoms with Crippen molar-refractivity contribution < 1.29 is 9.18 Å². The zero-order valence-electron chi connectivity index (χ0n) is 15.5. The van der Waals surface area contributed by atoms with Gasteiger partial charge in [0.1, 0.15) is 11.3 Å². The van der Waals surface area contributed by atoms with E-state index in [1.807, 2.05) is 19.1 Å². The standard InChI is InChI=1S/C22H20FN3O2/c1-15-5-7-16(8-6-15)21(27)24-11-3-13-26-20-14-17(23)9-10-18(20)25-12-2-4-19(25)22(26)28/h2,4-10,12,14H,3,11,13H2,1H3,(H,24,27). The second kappa shape index (κ2) is 7.31. The van der Waals surface area contributed by atoms with Gasteiger partial charge in [-0.1, -0.05) is 17.7 Å². The minimum absolute atomic E-state index is 0.148. The van der Waals surface area contributed by atoms with Crippen molar-refractivity contribution in [2.45, 2.75) is 19.9 Å². The number of rotatable bonds is 5. The molecule has 2 aromatic heterocycles. The molecule has 1 N–H and O–H groups in total. The van der Waals surface area contributed by atoms with Gasteiger partial charge in [0.25, 0.3) is 11.5 Å². The van der Waals surface area contributed by atoms with Crippen LogP contribution in [0.5, 0.6) is 0 Å². The molecule has 0 spiro atoms. The summed E-state index contributed by atoms with van der Waals surface area (Å²) in [5, 5.41) is 2.87. The van der Waals surface area contributed by atoms with E-state index < -0.39 is 0 Å². The summed E-state index contributed by atoms with van der Waals surface area (Å²) in [6.07, 6.45) is 2.35. The molecule has 0 bridgehead atoms. The van der Waals surface area contributed by atoms with E-state index in [4.69, 9.17) is 0 Å². The Morgan fingerprint density at radius 1 is 1.04 bits per heavy atom. The van der Waals surface area contributed by atoms with E-state index in [0.717, 1.165) is 11.1 Å². The molecule has 4 aromatic rings. The number of aryl methyl sites for hydroxylation is 2. The molecule has 1 amide bonds. The Hall–Kier alpha value is -3.41. The van der Waals surface area contributed by atoms with Crippen molar-refractivity contribution in [3.8, 4) is 0 Å². The van der Waals surface area contributed by atoms with Crippen LogP contribution >= 0.6 is 0 Å². The van der Waals surface area contributed by atoms with Gasteiger partial charge in [-0.15, -0.1) is 0 Å². The highest BCUT2D eigenvalue weighted by Gasteiger charge is 2.11. The van der Waals surface area contributed by atoms with E-state index in [-0.39, 0.29) is 17.3 Å². The number of nitrogens with zero attached hydrogens (tertiary/aromatic N) is 2. The molecule has 2 aromatic carbocycles. The van der Waals surface area contributed by atoms with Gasteiger partial charge in [0.05, 0.1) is 11.0 Å². The number of fused-ring (bicyclic) bond motifs is 3. The van der Waals surface area contributed by atoms with Gasteiger partial charge in [0.2, 0.25) is 0 Å². The summed E-state index contributed by atoms with van der Waals surface area (Å²) >= 11 is 0. The summed E-state index contributed by atoms with van der Waals surface area (Å²) in [5.41, 5.74) is 3.37. The third-order valence-corrected chi connectivity index (χ3v) is 4.86. The molecule has 0 atom stereocenters. The number of benzene rings is 2. The first-order valence-corrected chi connectivity index (χ1v) is 9.18. The van der Waals surface area contributed by atoms with Gasteiger partial charge in [0, 0.05) is 24.8 Å². The average molecular weight is 377 g/mol. The molecule has 142 valence electrons. The molecule has 2 heterocycles. The lowest BCUT2D eigenvalue weighted by Gasteiger charge is -2.13. The predicted octanol–water partition coefficient (Wildman–Crippen LogP) is 3.52. The molecule has 0 aliphatic rings. The van der Waals surface area contributed by atoms with Gasteiger partial charge in [-0.2, -0.15) is 0 Å². The summed E-state index contributed by atoms with van der Waals surface area (Å²) in [5.74, 6) is -0.537. The highest BCUT2D eigenvalue weighted by atomic mass is 19.1. The Morgan fingerprint density at radius 2 is 1.82 bits per heavy atom. The number of nitrogens with one attached hydrogen (secondary N) is 1. The van der Waals surface area contributed by atoms with Crippen LogP contribution in [-0.2, 0) is 6.54 Å². The molecular weight excluding hydrogens is 357 g/mol. The van der Waals surface area contributed by atoms with Gasteiger partial charge >= 0.3 is 0 Å². The monoisotopic (exact) mass is 377 g/mol. The fourth-order valence-electron chi connectivity index (χ4n) is 3.40. The first-order valence-electron chi connectivity index (χ1n) is 9.18. The van der Waals surface area contributed by atoms with Crippen molar-refractivity contribution in [3.63, 3.8) is 0 Å². The van der Waals surface area contributed by atoms with E-state index in [2.05, 4.69) is 5.32 Å². The van der Waals surface area contributed by atoms with Crippen LogP contribution < -0.4 is 10.9 Å². The summed E-state index contributed by atoms with van der Waals surface area (Å²) < 4.78 is 17.1. The second-order valence-corrected chi connectivity index (χ2v) is 6.83. The van der Waals surface area contributed by atoms with Crippen LogP contribution in [0.3, 0.4) is 0 Å². The quantitative estimate of drug-likeness (QED) is 0.541. The highest BCUT2D eigenvalue weighted by Crippen LogP contribution is 2.17. The average Bonchev–Trinajstić information content (AvgIpc) is 3.18. The predicted molar refractivity (Wildman–Crippen MR) is 107 cm³/mol. The SMILES string of the molecule is Cc1ccc(C(=O)NCCCn2c(=O)c3cccn3c3ccc(F)cc32)cc1. The normalized spacial score (nSPS) is 11.2. The fraction of sp³-hybridized carbons (Fsp3) is 0.182. The van der Waals surface area contributed by atoms with Crippen LogP contribution in [0.25, 0.3) is 16.6 Å². The minimum Gasteiger partial charge on any atom is -0.352 e. The van der Waals surface area contributed by atoms with E-state index >= 15 is 0 Å². The Kier molecular flexibility index (Phi) is 4.69. The molecule has 0 fully saturated rings. The third kappa shape index (κ3) is 3.29. The number of amides is 1. The van der Waals surface area contributed by atoms with Gasteiger partial charge in [-0.3, -0.25) is 9.59 Å². The van der Waals surface area contributed by atoms with Crippen LogP contribution in [-0.4, -0.2) is 21.4 Å². The molecule has 0 aliphatic heterocycles. The maximum Gasteiger partial charge on any atom is 0.275 e. The Labute approximate surface area is 161 Å². The van der Waals surface area contributed by atoms with Crippen molar-refractivity contribution in [1.82, 2.24) is 14.3 Å². The maximum atomic E-state index is 13.8. The number of halogens is 1. The van der Waals surface area contributed by atoms with E-state index in [1.54, 1.807) is 45.5 Å². The Bertz CT molecular complexity index is 1220.